The Labute approximate surface area is 208 Å². The van der Waals surface area contributed by atoms with E-state index in [0.29, 0.717) is 48.8 Å². The molecule has 0 atom stereocenters. The lowest BCUT2D eigenvalue weighted by Crippen LogP contribution is -2.50. The van der Waals surface area contributed by atoms with Gasteiger partial charge in [0.2, 0.25) is 0 Å². The first-order valence-electron chi connectivity index (χ1n) is 11.8. The Morgan fingerprint density at radius 3 is 2.06 bits per heavy atom. The number of hydrogen-bond donors (Lipinski definition) is 1. The standard InChI is InChI=1S/C27H23N7O2.H2/c35-26(19-6-2-1-3-7-19)32-14-16-33(17-15-32)27(36)20-10-12-21(13-11-20)30-24-25-28-18-29-34(25)23-9-5-4-8-22(23)31-24;/h1-13,18H,14-17H2,(H,30,31);1H. The van der Waals surface area contributed by atoms with Crippen LogP contribution in [-0.2, 0) is 0 Å². The molecule has 1 aliphatic heterocycles. The third-order valence-corrected chi connectivity index (χ3v) is 6.37. The zero-order valence-electron chi connectivity index (χ0n) is 19.4. The smallest absolute Gasteiger partial charge is 0.253 e. The lowest BCUT2D eigenvalue weighted by molar-refractivity contribution is 0.0535. The van der Waals surface area contributed by atoms with Gasteiger partial charge in [-0.15, -0.1) is 0 Å². The number of nitrogens with zero attached hydrogens (tertiary/aromatic N) is 6. The van der Waals surface area contributed by atoms with Gasteiger partial charge in [-0.25, -0.2) is 14.5 Å². The first-order chi connectivity index (χ1) is 17.7. The van der Waals surface area contributed by atoms with Crippen molar-refractivity contribution in [1.82, 2.24) is 29.4 Å². The Morgan fingerprint density at radius 2 is 1.36 bits per heavy atom. The van der Waals surface area contributed by atoms with Crippen LogP contribution in [0.4, 0.5) is 11.5 Å². The highest BCUT2D eigenvalue weighted by molar-refractivity contribution is 5.96. The number of carbonyl (C=O) groups excluding carboxylic acids is 2. The van der Waals surface area contributed by atoms with E-state index in [9.17, 15) is 9.59 Å². The summed E-state index contributed by atoms with van der Waals surface area (Å²) in [6, 6.07) is 24.3. The van der Waals surface area contributed by atoms with E-state index in [1.807, 2.05) is 66.7 Å². The predicted octanol–water partition coefficient (Wildman–Crippen LogP) is 3.87. The van der Waals surface area contributed by atoms with Crippen molar-refractivity contribution in [1.29, 1.82) is 0 Å². The molecule has 1 fully saturated rings. The van der Waals surface area contributed by atoms with Crippen molar-refractivity contribution in [2.45, 2.75) is 0 Å². The fourth-order valence-corrected chi connectivity index (χ4v) is 4.46. The Hall–Kier alpha value is -4.79. The van der Waals surface area contributed by atoms with Gasteiger partial charge in [-0.2, -0.15) is 5.10 Å². The van der Waals surface area contributed by atoms with Crippen molar-refractivity contribution in [3.05, 3.63) is 96.3 Å². The molecule has 0 radical (unpaired) electrons. The fraction of sp³-hybridized carbons (Fsp3) is 0.148. The highest BCUT2D eigenvalue weighted by Crippen LogP contribution is 2.23. The summed E-state index contributed by atoms with van der Waals surface area (Å²) >= 11 is 0. The zero-order valence-corrected chi connectivity index (χ0v) is 19.4. The number of para-hydroxylation sites is 2. The zero-order chi connectivity index (χ0) is 24.5. The summed E-state index contributed by atoms with van der Waals surface area (Å²) in [5.74, 6) is 0.545. The molecule has 0 saturated carbocycles. The molecule has 9 nitrogen and oxygen atoms in total. The second-order valence-corrected chi connectivity index (χ2v) is 8.60. The van der Waals surface area contributed by atoms with Crippen LogP contribution in [0.5, 0.6) is 0 Å². The van der Waals surface area contributed by atoms with Gasteiger partial charge in [-0.1, -0.05) is 30.3 Å². The molecule has 6 rings (SSSR count). The molecular formula is C27H25N7O2. The van der Waals surface area contributed by atoms with Crippen LogP contribution in [0.2, 0.25) is 0 Å². The van der Waals surface area contributed by atoms with Crippen molar-refractivity contribution >= 4 is 40.0 Å². The predicted molar refractivity (Wildman–Crippen MR) is 138 cm³/mol. The second-order valence-electron chi connectivity index (χ2n) is 8.60. The summed E-state index contributed by atoms with van der Waals surface area (Å²) in [6.45, 7) is 2.04. The van der Waals surface area contributed by atoms with Gasteiger partial charge >= 0.3 is 0 Å². The third kappa shape index (κ3) is 4.00. The summed E-state index contributed by atoms with van der Waals surface area (Å²) in [4.78, 5) is 38.4. The Kier molecular flexibility index (Phi) is 5.49. The number of carbonyl (C=O) groups is 2. The number of piperazine rings is 1. The van der Waals surface area contributed by atoms with E-state index in [1.54, 1.807) is 26.4 Å². The van der Waals surface area contributed by atoms with E-state index in [2.05, 4.69) is 15.4 Å². The van der Waals surface area contributed by atoms with Crippen molar-refractivity contribution in [2.24, 2.45) is 0 Å². The number of rotatable bonds is 4. The van der Waals surface area contributed by atoms with Crippen LogP contribution in [0.3, 0.4) is 0 Å². The monoisotopic (exact) mass is 479 g/mol. The Morgan fingerprint density at radius 1 is 0.750 bits per heavy atom. The SMILES string of the molecule is O=C(c1ccccc1)N1CCN(C(=O)c2ccc(Nc3nc4ccccc4n4ncnc34)cc2)CC1.[HH]. The second kappa shape index (κ2) is 9.10. The van der Waals surface area contributed by atoms with Crippen LogP contribution in [0, 0.1) is 0 Å². The number of hydrogen-bond acceptors (Lipinski definition) is 6. The number of fused-ring (bicyclic) bond motifs is 3. The molecular weight excluding hydrogens is 454 g/mol. The molecule has 2 aromatic heterocycles. The Bertz CT molecular complexity index is 1560. The minimum atomic E-state index is -0.0444. The molecule has 9 heteroatoms. The van der Waals surface area contributed by atoms with E-state index < -0.39 is 0 Å². The normalized spacial score (nSPS) is 13.8. The lowest BCUT2D eigenvalue weighted by atomic mass is 10.1. The number of anilines is 2. The van der Waals surface area contributed by atoms with Gasteiger partial charge in [0.1, 0.15) is 6.33 Å². The molecule has 0 aliphatic carbocycles. The highest BCUT2D eigenvalue weighted by atomic mass is 16.2. The van der Waals surface area contributed by atoms with E-state index in [-0.39, 0.29) is 13.2 Å². The van der Waals surface area contributed by atoms with E-state index in [4.69, 9.17) is 4.98 Å². The molecule has 1 saturated heterocycles. The maximum Gasteiger partial charge on any atom is 0.253 e. The third-order valence-electron chi connectivity index (χ3n) is 6.37. The molecule has 0 spiro atoms. The molecule has 3 aromatic carbocycles. The quantitative estimate of drug-likeness (QED) is 0.421. The first-order valence-corrected chi connectivity index (χ1v) is 11.8. The lowest BCUT2D eigenvalue weighted by Gasteiger charge is -2.35. The highest BCUT2D eigenvalue weighted by Gasteiger charge is 2.25. The first kappa shape index (κ1) is 21.7. The van der Waals surface area contributed by atoms with Gasteiger partial charge in [-0.3, -0.25) is 9.59 Å². The minimum Gasteiger partial charge on any atom is -0.337 e. The van der Waals surface area contributed by atoms with E-state index in [0.717, 1.165) is 16.7 Å². The minimum absolute atomic E-state index is 0. The van der Waals surface area contributed by atoms with Crippen LogP contribution in [0.15, 0.2) is 85.2 Å². The molecule has 0 bridgehead atoms. The number of nitrogens with one attached hydrogen (secondary N) is 1. The molecule has 180 valence electrons. The topological polar surface area (TPSA) is 95.7 Å². The number of benzene rings is 3. The van der Waals surface area contributed by atoms with Crippen molar-refractivity contribution < 1.29 is 11.0 Å². The molecule has 1 N–H and O–H groups in total. The average Bonchev–Trinajstić information content (AvgIpc) is 3.44. The van der Waals surface area contributed by atoms with Gasteiger partial charge < -0.3 is 15.1 Å². The van der Waals surface area contributed by atoms with Gasteiger partial charge in [0.25, 0.3) is 11.8 Å². The molecule has 36 heavy (non-hydrogen) atoms. The van der Waals surface area contributed by atoms with Gasteiger partial charge in [-0.05, 0) is 48.5 Å². The largest absolute Gasteiger partial charge is 0.337 e. The molecule has 5 aromatic rings. The van der Waals surface area contributed by atoms with Crippen molar-refractivity contribution in [2.75, 3.05) is 31.5 Å². The molecule has 0 unspecified atom stereocenters. The summed E-state index contributed by atoms with van der Waals surface area (Å²) < 4.78 is 1.75. The number of aromatic nitrogens is 4. The van der Waals surface area contributed by atoms with Gasteiger partial charge in [0.05, 0.1) is 11.0 Å². The van der Waals surface area contributed by atoms with Crippen LogP contribution in [-0.4, -0.2) is 67.4 Å². The molecule has 2 amide bonds. The average molecular weight is 480 g/mol. The van der Waals surface area contributed by atoms with Crippen LogP contribution in [0.25, 0.3) is 16.7 Å². The maximum atomic E-state index is 13.1. The Balaban J connectivity index is 0.00000280. The van der Waals surface area contributed by atoms with Crippen LogP contribution < -0.4 is 5.32 Å². The van der Waals surface area contributed by atoms with Crippen LogP contribution in [0.1, 0.15) is 22.1 Å². The summed E-state index contributed by atoms with van der Waals surface area (Å²) in [5.41, 5.74) is 4.36. The summed E-state index contributed by atoms with van der Waals surface area (Å²) in [7, 11) is 0. The fourth-order valence-electron chi connectivity index (χ4n) is 4.46. The van der Waals surface area contributed by atoms with Crippen molar-refractivity contribution in [3.63, 3.8) is 0 Å². The summed E-state index contributed by atoms with van der Waals surface area (Å²) in [5, 5.41) is 7.62. The van der Waals surface area contributed by atoms with Gasteiger partial charge in [0.15, 0.2) is 11.5 Å². The molecule has 3 heterocycles. The number of amides is 2. The van der Waals surface area contributed by atoms with E-state index >= 15 is 0 Å². The van der Waals surface area contributed by atoms with Gasteiger partial charge in [0, 0.05) is 44.4 Å². The van der Waals surface area contributed by atoms with Crippen molar-refractivity contribution in [3.8, 4) is 0 Å². The van der Waals surface area contributed by atoms with E-state index in [1.165, 1.54) is 6.33 Å². The maximum absolute atomic E-state index is 13.1. The summed E-state index contributed by atoms with van der Waals surface area (Å²) in [6.07, 6.45) is 1.50. The van der Waals surface area contributed by atoms with Crippen LogP contribution >= 0.6 is 0 Å². The molecule has 1 aliphatic rings.